The van der Waals surface area contributed by atoms with Gasteiger partial charge < -0.3 is 14.9 Å². The lowest BCUT2D eigenvalue weighted by Crippen LogP contribution is -2.16. The van der Waals surface area contributed by atoms with Gasteiger partial charge in [-0.25, -0.2) is 0 Å². The van der Waals surface area contributed by atoms with Crippen LogP contribution in [0.2, 0.25) is 0 Å². The minimum absolute atomic E-state index is 0.973. The summed E-state index contributed by atoms with van der Waals surface area (Å²) in [5.41, 5.74) is 32.4. The van der Waals surface area contributed by atoms with Crippen LogP contribution >= 0.6 is 0 Å². The fourth-order valence-corrected chi connectivity index (χ4v) is 10.4. The number of allylic oxidation sites excluding steroid dienone is 3. The maximum absolute atomic E-state index is 6.58. The SMILES string of the molecule is C/C=C(C)\C(=C/N)n1c2ccc(-c3cccc(C)c3)cc2c2cc3c4c(c21)CCc1cc2c5cc(-c6cccc(C)c6)ccc5n(-c5cnccc5C)c2c(c1-4)CC3. The first-order chi connectivity index (χ1) is 28.3. The van der Waals surface area contributed by atoms with Gasteiger partial charge in [-0.15, -0.1) is 0 Å². The molecule has 0 amide bonds. The van der Waals surface area contributed by atoms with Gasteiger partial charge in [0.1, 0.15) is 0 Å². The third kappa shape index (κ3) is 4.97. The first-order valence-electron chi connectivity index (χ1n) is 20.7. The molecular formula is C54H46N4. The molecule has 58 heavy (non-hydrogen) atoms. The normalized spacial score (nSPS) is 13.9. The number of rotatable bonds is 5. The summed E-state index contributed by atoms with van der Waals surface area (Å²) < 4.78 is 4.99. The molecule has 4 heteroatoms. The first-order valence-corrected chi connectivity index (χ1v) is 20.7. The average molecular weight is 751 g/mol. The molecule has 2 N–H and O–H groups in total. The molecule has 9 aromatic rings. The van der Waals surface area contributed by atoms with E-state index in [1.54, 1.807) is 6.20 Å². The van der Waals surface area contributed by atoms with Gasteiger partial charge in [-0.2, -0.15) is 0 Å². The molecule has 0 aliphatic heterocycles. The highest BCUT2D eigenvalue weighted by Crippen LogP contribution is 2.52. The molecule has 0 unspecified atom stereocenters. The van der Waals surface area contributed by atoms with Crippen LogP contribution in [0.25, 0.3) is 88.4 Å². The number of pyridine rings is 1. The summed E-state index contributed by atoms with van der Waals surface area (Å²) in [5.74, 6) is 0. The zero-order chi connectivity index (χ0) is 39.4. The Morgan fingerprint density at radius 3 is 1.78 bits per heavy atom. The highest BCUT2D eigenvalue weighted by molar-refractivity contribution is 6.17. The predicted molar refractivity (Wildman–Crippen MR) is 245 cm³/mol. The van der Waals surface area contributed by atoms with E-state index >= 15 is 0 Å². The largest absolute Gasteiger partial charge is 0.403 e. The Balaban J connectivity index is 1.23. The molecule has 3 aromatic heterocycles. The van der Waals surface area contributed by atoms with Crippen molar-refractivity contribution in [2.45, 2.75) is 60.3 Å². The molecule has 6 aromatic carbocycles. The van der Waals surface area contributed by atoms with Crippen molar-refractivity contribution in [3.05, 3.63) is 172 Å². The first kappa shape index (κ1) is 34.6. The Kier molecular flexibility index (Phi) is 7.72. The van der Waals surface area contributed by atoms with Crippen LogP contribution in [0.1, 0.15) is 52.8 Å². The summed E-state index contributed by atoms with van der Waals surface area (Å²) in [4.78, 5) is 4.68. The van der Waals surface area contributed by atoms with Crippen LogP contribution in [0.5, 0.6) is 0 Å². The van der Waals surface area contributed by atoms with E-state index < -0.39 is 0 Å². The number of nitrogens with two attached hydrogens (primary N) is 1. The summed E-state index contributed by atoms with van der Waals surface area (Å²) in [6.45, 7) is 10.8. The Morgan fingerprint density at radius 1 is 0.621 bits per heavy atom. The van der Waals surface area contributed by atoms with Gasteiger partial charge in [0.25, 0.3) is 0 Å². The number of hydrogen-bond donors (Lipinski definition) is 1. The molecule has 3 heterocycles. The lowest BCUT2D eigenvalue weighted by molar-refractivity contribution is 0.883. The van der Waals surface area contributed by atoms with Gasteiger partial charge in [-0.05, 0) is 170 Å². The van der Waals surface area contributed by atoms with Crippen LogP contribution in [0.15, 0.2) is 133 Å². The molecular weight excluding hydrogens is 705 g/mol. The molecule has 0 radical (unpaired) electrons. The van der Waals surface area contributed by atoms with Crippen LogP contribution in [-0.2, 0) is 25.7 Å². The number of aryl methyl sites for hydroxylation is 7. The van der Waals surface area contributed by atoms with E-state index in [9.17, 15) is 0 Å². The smallest absolute Gasteiger partial charge is 0.0674 e. The fraction of sp³-hybridized carbons (Fsp3) is 0.167. The van der Waals surface area contributed by atoms with Gasteiger partial charge in [0.2, 0.25) is 0 Å². The lowest BCUT2D eigenvalue weighted by Gasteiger charge is -2.31. The summed E-state index contributed by atoms with van der Waals surface area (Å²) >= 11 is 0. The molecule has 0 saturated heterocycles. The Morgan fingerprint density at radius 2 is 1.19 bits per heavy atom. The maximum atomic E-state index is 6.58. The molecule has 2 aliphatic carbocycles. The second-order valence-electron chi connectivity index (χ2n) is 16.6. The molecule has 4 nitrogen and oxygen atoms in total. The van der Waals surface area contributed by atoms with Crippen molar-refractivity contribution in [2.24, 2.45) is 5.73 Å². The number of benzene rings is 6. The number of hydrogen-bond acceptors (Lipinski definition) is 2. The van der Waals surface area contributed by atoms with Crippen LogP contribution in [0.3, 0.4) is 0 Å². The molecule has 0 atom stereocenters. The average Bonchev–Trinajstić information content (AvgIpc) is 3.74. The molecule has 0 saturated carbocycles. The van der Waals surface area contributed by atoms with Gasteiger partial charge in [0, 0.05) is 33.9 Å². The molecule has 2 aliphatic rings. The van der Waals surface area contributed by atoms with Crippen LogP contribution in [0, 0.1) is 20.8 Å². The van der Waals surface area contributed by atoms with Crippen molar-refractivity contribution in [3.8, 4) is 39.1 Å². The number of aromatic nitrogens is 3. The summed E-state index contributed by atoms with van der Waals surface area (Å²) in [6.07, 6.45) is 11.9. The van der Waals surface area contributed by atoms with Crippen molar-refractivity contribution in [2.75, 3.05) is 0 Å². The van der Waals surface area contributed by atoms with Crippen molar-refractivity contribution < 1.29 is 0 Å². The third-order valence-corrected chi connectivity index (χ3v) is 13.2. The second kappa shape index (κ2) is 12.9. The summed E-state index contributed by atoms with van der Waals surface area (Å²) in [5, 5.41) is 5.23. The van der Waals surface area contributed by atoms with E-state index in [0.29, 0.717) is 0 Å². The van der Waals surface area contributed by atoms with E-state index in [2.05, 4.69) is 158 Å². The Hall–Kier alpha value is -6.65. The van der Waals surface area contributed by atoms with Crippen molar-refractivity contribution in [3.63, 3.8) is 0 Å². The van der Waals surface area contributed by atoms with E-state index in [4.69, 9.17) is 5.73 Å². The number of nitrogens with zero attached hydrogens (tertiary/aromatic N) is 3. The van der Waals surface area contributed by atoms with Gasteiger partial charge in [-0.1, -0.05) is 77.9 Å². The van der Waals surface area contributed by atoms with Crippen molar-refractivity contribution >= 4 is 49.3 Å². The topological polar surface area (TPSA) is 48.8 Å². The van der Waals surface area contributed by atoms with Gasteiger partial charge in [-0.3, -0.25) is 4.98 Å². The Bertz CT molecular complexity index is 3290. The number of fused-ring (bicyclic) bond motifs is 8. The quantitative estimate of drug-likeness (QED) is 0.178. The van der Waals surface area contributed by atoms with Gasteiger partial charge in [0.05, 0.1) is 39.6 Å². The van der Waals surface area contributed by atoms with Crippen LogP contribution in [-0.4, -0.2) is 14.1 Å². The zero-order valence-electron chi connectivity index (χ0n) is 33.9. The van der Waals surface area contributed by atoms with Crippen LogP contribution in [0.4, 0.5) is 0 Å². The van der Waals surface area contributed by atoms with E-state index in [0.717, 1.165) is 42.6 Å². The minimum Gasteiger partial charge on any atom is -0.403 e. The van der Waals surface area contributed by atoms with Gasteiger partial charge in [0.15, 0.2) is 0 Å². The molecule has 282 valence electrons. The standard InChI is InChI=1S/C54H46N4/c1-6-33(4)49(29-55)57-47-19-15-37(35-11-7-9-31(2)23-35)25-43(47)45-27-39-14-18-42-52-40(13-17-41(51(39)52)53(45)57)28-46-44-26-38(36-12-8-10-32(3)24-36)16-20-48(44)58(54(42)46)50-30-56-22-21-34(50)5/h6-12,15-16,19-30H,13-14,17-18,55H2,1-5H3/b33-6-,49-29+. The highest BCUT2D eigenvalue weighted by atomic mass is 15.0. The van der Waals surface area contributed by atoms with E-state index in [1.807, 2.05) is 12.4 Å². The molecule has 0 fully saturated rings. The molecule has 11 rings (SSSR count). The Labute approximate surface area is 339 Å². The van der Waals surface area contributed by atoms with Crippen molar-refractivity contribution in [1.82, 2.24) is 14.1 Å². The molecule has 0 spiro atoms. The maximum Gasteiger partial charge on any atom is 0.0674 e. The van der Waals surface area contributed by atoms with E-state index in [1.165, 1.54) is 116 Å². The fourth-order valence-electron chi connectivity index (χ4n) is 10.4. The third-order valence-electron chi connectivity index (χ3n) is 13.2. The highest BCUT2D eigenvalue weighted by Gasteiger charge is 2.33. The monoisotopic (exact) mass is 750 g/mol. The predicted octanol–water partition coefficient (Wildman–Crippen LogP) is 13.1. The van der Waals surface area contributed by atoms with Crippen LogP contribution < -0.4 is 5.73 Å². The molecule has 0 bridgehead atoms. The minimum atomic E-state index is 0.973. The van der Waals surface area contributed by atoms with Gasteiger partial charge >= 0.3 is 0 Å². The zero-order valence-corrected chi connectivity index (χ0v) is 33.9. The second-order valence-corrected chi connectivity index (χ2v) is 16.6. The summed E-state index contributed by atoms with van der Waals surface area (Å²) in [7, 11) is 0. The van der Waals surface area contributed by atoms with Crippen molar-refractivity contribution in [1.29, 1.82) is 0 Å². The lowest BCUT2D eigenvalue weighted by atomic mass is 9.74. The summed E-state index contributed by atoms with van der Waals surface area (Å²) in [6, 6.07) is 39.0. The van der Waals surface area contributed by atoms with E-state index in [-0.39, 0.29) is 0 Å².